The van der Waals surface area contributed by atoms with E-state index in [1.54, 1.807) is 0 Å². The molecule has 0 amide bonds. The maximum atomic E-state index is 8.15. The Labute approximate surface area is 72.4 Å². The van der Waals surface area contributed by atoms with E-state index >= 15 is 0 Å². The van der Waals surface area contributed by atoms with Crippen LogP contribution in [0.5, 0.6) is 0 Å². The Hall–Kier alpha value is -0.400. The first-order chi connectivity index (χ1) is 4.89. The van der Waals surface area contributed by atoms with Gasteiger partial charge < -0.3 is 0 Å². The molecule has 3 nitrogen and oxygen atoms in total. The zero-order chi connectivity index (χ0) is 9.07. The number of hydrogen-bond acceptors (Lipinski definition) is 1. The predicted molar refractivity (Wildman–Crippen MR) is 47.7 cm³/mol. The van der Waals surface area contributed by atoms with Crippen LogP contribution in [-0.4, -0.2) is 11.4 Å². The van der Waals surface area contributed by atoms with Crippen molar-refractivity contribution in [2.24, 2.45) is 10.5 Å². The van der Waals surface area contributed by atoms with Crippen molar-refractivity contribution in [1.29, 1.82) is 0 Å². The fourth-order valence-corrected chi connectivity index (χ4v) is 0.914. The summed E-state index contributed by atoms with van der Waals surface area (Å²) in [6.07, 6.45) is 0. The van der Waals surface area contributed by atoms with Crippen LogP contribution in [0.25, 0.3) is 10.4 Å². The van der Waals surface area contributed by atoms with Gasteiger partial charge in [0, 0.05) is 10.3 Å². The highest BCUT2D eigenvalue weighted by Gasteiger charge is 2.26. The van der Waals surface area contributed by atoms with Gasteiger partial charge in [0.25, 0.3) is 0 Å². The van der Waals surface area contributed by atoms with Gasteiger partial charge in [-0.05, 0) is 10.9 Å². The molecule has 0 aliphatic rings. The first-order valence-electron chi connectivity index (χ1n) is 3.58. The quantitative estimate of drug-likeness (QED) is 0.268. The molecule has 0 heterocycles. The maximum absolute atomic E-state index is 8.15. The Bertz CT molecular complexity index is 167. The molecule has 0 rings (SSSR count). The zero-order valence-corrected chi connectivity index (χ0v) is 8.13. The zero-order valence-electron chi connectivity index (χ0n) is 7.37. The highest BCUT2D eigenvalue weighted by Crippen LogP contribution is 2.28. The average Bonchev–Trinajstić information content (AvgIpc) is 1.85. The molecule has 0 saturated carbocycles. The van der Waals surface area contributed by atoms with Gasteiger partial charge in [0.05, 0.1) is 6.04 Å². The Morgan fingerprint density at radius 3 is 2.18 bits per heavy atom. The lowest BCUT2D eigenvalue weighted by Crippen LogP contribution is -2.29. The fourth-order valence-electron chi connectivity index (χ4n) is 0.864. The lowest BCUT2D eigenvalue weighted by Gasteiger charge is -2.27. The van der Waals surface area contributed by atoms with Gasteiger partial charge in [-0.1, -0.05) is 32.8 Å². The van der Waals surface area contributed by atoms with Crippen molar-refractivity contribution in [1.82, 2.24) is 0 Å². The van der Waals surface area contributed by atoms with Crippen LogP contribution in [0.1, 0.15) is 27.7 Å². The lowest BCUT2D eigenvalue weighted by atomic mass is 9.88. The molecule has 0 N–H and O–H groups in total. The van der Waals surface area contributed by atoms with Gasteiger partial charge in [0.1, 0.15) is 0 Å². The van der Waals surface area contributed by atoms with Crippen molar-refractivity contribution in [2.75, 3.05) is 0 Å². The van der Waals surface area contributed by atoms with E-state index < -0.39 is 0 Å². The van der Waals surface area contributed by atoms with Crippen LogP contribution >= 0.6 is 11.6 Å². The first kappa shape index (κ1) is 10.6. The lowest BCUT2D eigenvalue weighted by molar-refractivity contribution is 0.357. The van der Waals surface area contributed by atoms with E-state index in [1.165, 1.54) is 0 Å². The summed E-state index contributed by atoms with van der Waals surface area (Å²) >= 11 is 6.02. The SMILES string of the molecule is CC(N=[N+]=[N-])C(Cl)C(C)(C)C. The largest absolute Gasteiger partial charge is 0.122 e. The Morgan fingerprint density at radius 1 is 1.45 bits per heavy atom. The molecule has 64 valence electrons. The minimum atomic E-state index is -0.151. The van der Waals surface area contributed by atoms with Crippen molar-refractivity contribution in [3.8, 4) is 0 Å². The van der Waals surface area contributed by atoms with E-state index in [0.29, 0.717) is 0 Å². The van der Waals surface area contributed by atoms with Gasteiger partial charge in [-0.2, -0.15) is 0 Å². The van der Waals surface area contributed by atoms with Crippen LogP contribution in [0.4, 0.5) is 0 Å². The molecule has 0 radical (unpaired) electrons. The minimum Gasteiger partial charge on any atom is -0.122 e. The summed E-state index contributed by atoms with van der Waals surface area (Å²) in [6.45, 7) is 7.89. The van der Waals surface area contributed by atoms with Gasteiger partial charge >= 0.3 is 0 Å². The van der Waals surface area contributed by atoms with E-state index in [4.69, 9.17) is 17.1 Å². The molecule has 0 bridgehead atoms. The molecule has 0 fully saturated rings. The molecule has 11 heavy (non-hydrogen) atoms. The molecule has 2 unspecified atom stereocenters. The second-order valence-electron chi connectivity index (χ2n) is 3.71. The van der Waals surface area contributed by atoms with Crippen molar-refractivity contribution in [3.63, 3.8) is 0 Å². The Balaban J connectivity index is 4.24. The second kappa shape index (κ2) is 3.84. The second-order valence-corrected chi connectivity index (χ2v) is 4.18. The topological polar surface area (TPSA) is 48.8 Å². The van der Waals surface area contributed by atoms with E-state index in [2.05, 4.69) is 10.0 Å². The highest BCUT2D eigenvalue weighted by atomic mass is 35.5. The number of nitrogens with zero attached hydrogens (tertiary/aromatic N) is 3. The summed E-state index contributed by atoms with van der Waals surface area (Å²) in [5, 5.41) is 3.43. The van der Waals surface area contributed by atoms with E-state index in [1.807, 2.05) is 27.7 Å². The molecule has 0 saturated heterocycles. The third-order valence-electron chi connectivity index (χ3n) is 1.48. The average molecular weight is 176 g/mol. The molecule has 0 spiro atoms. The van der Waals surface area contributed by atoms with Crippen LogP contribution < -0.4 is 0 Å². The summed E-state index contributed by atoms with van der Waals surface area (Å²) in [4.78, 5) is 2.71. The number of alkyl halides is 1. The summed E-state index contributed by atoms with van der Waals surface area (Å²) < 4.78 is 0. The van der Waals surface area contributed by atoms with Gasteiger partial charge in [0.2, 0.25) is 0 Å². The molecule has 0 aromatic carbocycles. The molecule has 0 aromatic heterocycles. The monoisotopic (exact) mass is 175 g/mol. The summed E-state index contributed by atoms with van der Waals surface area (Å²) in [7, 11) is 0. The standard InChI is InChI=1S/C7H14ClN3/c1-5(10-11-9)6(8)7(2,3)4/h5-6H,1-4H3. The third kappa shape index (κ3) is 3.49. The van der Waals surface area contributed by atoms with Crippen molar-refractivity contribution >= 4 is 11.6 Å². The van der Waals surface area contributed by atoms with Gasteiger partial charge in [-0.25, -0.2) is 0 Å². The van der Waals surface area contributed by atoms with Crippen molar-refractivity contribution in [2.45, 2.75) is 39.1 Å². The number of halogens is 1. The van der Waals surface area contributed by atoms with E-state index in [-0.39, 0.29) is 16.8 Å². The number of hydrogen-bond donors (Lipinski definition) is 0. The van der Waals surface area contributed by atoms with Crippen molar-refractivity contribution < 1.29 is 0 Å². The van der Waals surface area contributed by atoms with E-state index in [9.17, 15) is 0 Å². The molecule has 4 heteroatoms. The predicted octanol–water partition coefficient (Wildman–Crippen LogP) is 3.34. The van der Waals surface area contributed by atoms with Crippen LogP contribution in [0.3, 0.4) is 0 Å². The van der Waals surface area contributed by atoms with Crippen molar-refractivity contribution in [3.05, 3.63) is 10.4 Å². The van der Waals surface area contributed by atoms with Gasteiger partial charge in [0.15, 0.2) is 0 Å². The normalized spacial score (nSPS) is 16.8. The Morgan fingerprint density at radius 2 is 1.91 bits per heavy atom. The van der Waals surface area contributed by atoms with Crippen LogP contribution in [-0.2, 0) is 0 Å². The fraction of sp³-hybridized carbons (Fsp3) is 1.00. The minimum absolute atomic E-state index is 0.0187. The molecule has 2 atom stereocenters. The molecule has 0 aliphatic heterocycles. The van der Waals surface area contributed by atoms with Gasteiger partial charge in [-0.3, -0.25) is 0 Å². The van der Waals surface area contributed by atoms with Crippen LogP contribution in [0.2, 0.25) is 0 Å². The molecular formula is C7H14ClN3. The van der Waals surface area contributed by atoms with E-state index in [0.717, 1.165) is 0 Å². The highest BCUT2D eigenvalue weighted by molar-refractivity contribution is 6.21. The maximum Gasteiger partial charge on any atom is 0.0514 e. The molecule has 0 aliphatic carbocycles. The smallest absolute Gasteiger partial charge is 0.0514 e. The summed E-state index contributed by atoms with van der Waals surface area (Å²) in [5.74, 6) is 0. The number of rotatable bonds is 2. The molecule has 0 aromatic rings. The third-order valence-corrected chi connectivity index (χ3v) is 2.50. The van der Waals surface area contributed by atoms with Gasteiger partial charge in [-0.15, -0.1) is 11.6 Å². The number of azide groups is 1. The Kier molecular flexibility index (Phi) is 3.70. The van der Waals surface area contributed by atoms with Crippen LogP contribution in [0.15, 0.2) is 5.11 Å². The summed E-state index contributed by atoms with van der Waals surface area (Å²) in [6, 6.07) is -0.151. The summed E-state index contributed by atoms with van der Waals surface area (Å²) in [5.41, 5.74) is 8.13. The van der Waals surface area contributed by atoms with Crippen LogP contribution in [0, 0.1) is 5.41 Å². The molecular weight excluding hydrogens is 162 g/mol. The first-order valence-corrected chi connectivity index (χ1v) is 4.01.